The number of carbonyl (C=O) groups is 2. The summed E-state index contributed by atoms with van der Waals surface area (Å²) >= 11 is 1.71. The fraction of sp³-hybridized carbons (Fsp3) is 0.333. The Morgan fingerprint density at radius 3 is 3.07 bits per heavy atom. The van der Waals surface area contributed by atoms with Crippen molar-refractivity contribution >= 4 is 34.9 Å². The zero-order valence-corrected chi connectivity index (χ0v) is 17.4. The van der Waals surface area contributed by atoms with Crippen molar-refractivity contribution in [2.24, 2.45) is 0 Å². The highest BCUT2D eigenvalue weighted by Gasteiger charge is 2.21. The number of ether oxygens (including phenoxy) is 1. The molecule has 156 valence electrons. The number of pyridine rings is 1. The summed E-state index contributed by atoms with van der Waals surface area (Å²) in [4.78, 5) is 24.1. The minimum atomic E-state index is -0.260. The molecule has 9 heteroatoms. The van der Waals surface area contributed by atoms with Gasteiger partial charge in [-0.15, -0.1) is 10.2 Å². The fourth-order valence-electron chi connectivity index (χ4n) is 3.43. The van der Waals surface area contributed by atoms with Crippen LogP contribution in [0.5, 0.6) is 5.75 Å². The molecule has 1 aliphatic heterocycles. The maximum absolute atomic E-state index is 12.6. The monoisotopic (exact) mass is 425 g/mol. The lowest BCUT2D eigenvalue weighted by Gasteiger charge is -2.19. The number of hydrogen-bond acceptors (Lipinski definition) is 6. The summed E-state index contributed by atoms with van der Waals surface area (Å²) in [5.41, 5.74) is 2.56. The quantitative estimate of drug-likeness (QED) is 0.576. The number of anilines is 1. The minimum Gasteiger partial charge on any atom is -0.484 e. The average molecular weight is 426 g/mol. The Balaban J connectivity index is 1.41. The molecule has 3 heterocycles. The second-order valence-corrected chi connectivity index (χ2v) is 8.03. The third-order valence-electron chi connectivity index (χ3n) is 4.94. The van der Waals surface area contributed by atoms with Gasteiger partial charge in [0, 0.05) is 18.3 Å². The number of benzene rings is 1. The standard InChI is InChI=1S/C21H23N5O3S/c1-30-11-9-17(21-25-24-18-4-2-3-10-26(18)21)23-20(28)13-29-15-6-7-16-14(12-15)5-8-19(27)22-16/h2-4,6-7,10,12,17H,5,8-9,11,13H2,1H3,(H,22,27)(H,23,28). The van der Waals surface area contributed by atoms with E-state index in [0.717, 1.165) is 29.1 Å². The number of aromatic nitrogens is 3. The Bertz CT molecular complexity index is 1070. The number of thioether (sulfide) groups is 1. The summed E-state index contributed by atoms with van der Waals surface area (Å²) in [7, 11) is 0. The van der Waals surface area contributed by atoms with Gasteiger partial charge < -0.3 is 15.4 Å². The van der Waals surface area contributed by atoms with E-state index in [1.54, 1.807) is 17.8 Å². The van der Waals surface area contributed by atoms with Gasteiger partial charge in [-0.3, -0.25) is 14.0 Å². The molecule has 1 aromatic carbocycles. The number of nitrogens with one attached hydrogen (secondary N) is 2. The molecule has 0 saturated carbocycles. The van der Waals surface area contributed by atoms with Gasteiger partial charge in [-0.25, -0.2) is 0 Å². The highest BCUT2D eigenvalue weighted by atomic mass is 32.2. The van der Waals surface area contributed by atoms with Crippen molar-refractivity contribution in [2.75, 3.05) is 23.9 Å². The van der Waals surface area contributed by atoms with Gasteiger partial charge in [0.15, 0.2) is 18.1 Å². The topological polar surface area (TPSA) is 97.6 Å². The number of nitrogens with zero attached hydrogens (tertiary/aromatic N) is 3. The first-order valence-electron chi connectivity index (χ1n) is 9.77. The van der Waals surface area contributed by atoms with Gasteiger partial charge in [-0.2, -0.15) is 11.8 Å². The van der Waals surface area contributed by atoms with Gasteiger partial charge in [-0.1, -0.05) is 6.07 Å². The molecule has 0 spiro atoms. The number of fused-ring (bicyclic) bond motifs is 2. The lowest BCUT2D eigenvalue weighted by Crippen LogP contribution is -2.34. The third-order valence-corrected chi connectivity index (χ3v) is 5.58. The van der Waals surface area contributed by atoms with E-state index in [0.29, 0.717) is 24.4 Å². The predicted octanol–water partition coefficient (Wildman–Crippen LogP) is 2.60. The number of rotatable bonds is 8. The van der Waals surface area contributed by atoms with Gasteiger partial charge >= 0.3 is 0 Å². The second-order valence-electron chi connectivity index (χ2n) is 7.04. The molecule has 3 aromatic rings. The predicted molar refractivity (Wildman–Crippen MR) is 116 cm³/mol. The molecule has 0 fully saturated rings. The maximum atomic E-state index is 12.6. The zero-order chi connectivity index (χ0) is 20.9. The van der Waals surface area contributed by atoms with E-state index in [1.807, 2.05) is 47.2 Å². The maximum Gasteiger partial charge on any atom is 0.258 e. The normalized spacial score (nSPS) is 14.1. The first kappa shape index (κ1) is 20.2. The van der Waals surface area contributed by atoms with Gasteiger partial charge in [0.1, 0.15) is 5.75 Å². The summed E-state index contributed by atoms with van der Waals surface area (Å²) in [6, 6.07) is 10.9. The van der Waals surface area contributed by atoms with Gasteiger partial charge in [-0.05, 0) is 60.7 Å². The molecular formula is C21H23N5O3S. The number of carbonyl (C=O) groups excluding carboxylic acids is 2. The fourth-order valence-corrected chi connectivity index (χ4v) is 3.90. The molecule has 1 unspecified atom stereocenters. The summed E-state index contributed by atoms with van der Waals surface area (Å²) < 4.78 is 7.59. The van der Waals surface area contributed by atoms with Crippen LogP contribution in [0.25, 0.3) is 5.65 Å². The molecule has 30 heavy (non-hydrogen) atoms. The molecule has 0 bridgehead atoms. The molecule has 0 saturated heterocycles. The summed E-state index contributed by atoms with van der Waals surface area (Å²) in [5, 5.41) is 14.3. The SMILES string of the molecule is CSCCC(NC(=O)COc1ccc2c(c1)CCC(=O)N2)c1nnc2ccccn12. The Morgan fingerprint density at radius 2 is 2.20 bits per heavy atom. The Kier molecular flexibility index (Phi) is 6.18. The van der Waals surface area contributed by atoms with Crippen LogP contribution in [0, 0.1) is 0 Å². The largest absolute Gasteiger partial charge is 0.484 e. The van der Waals surface area contributed by atoms with E-state index in [-0.39, 0.29) is 24.5 Å². The summed E-state index contributed by atoms with van der Waals surface area (Å²) in [6.07, 6.45) is 5.79. The lowest BCUT2D eigenvalue weighted by molar-refractivity contribution is -0.124. The number of amides is 2. The van der Waals surface area contributed by atoms with E-state index in [4.69, 9.17) is 4.74 Å². The molecular weight excluding hydrogens is 402 g/mol. The molecule has 0 radical (unpaired) electrons. The van der Waals surface area contributed by atoms with E-state index in [9.17, 15) is 9.59 Å². The van der Waals surface area contributed by atoms with Crippen molar-refractivity contribution in [1.82, 2.24) is 19.9 Å². The number of aryl methyl sites for hydroxylation is 1. The third kappa shape index (κ3) is 4.56. The van der Waals surface area contributed by atoms with E-state index in [1.165, 1.54) is 0 Å². The van der Waals surface area contributed by atoms with Gasteiger partial charge in [0.05, 0.1) is 6.04 Å². The average Bonchev–Trinajstić information content (AvgIpc) is 3.19. The summed E-state index contributed by atoms with van der Waals surface area (Å²) in [6.45, 7) is -0.0996. The van der Waals surface area contributed by atoms with Crippen molar-refractivity contribution in [2.45, 2.75) is 25.3 Å². The first-order valence-corrected chi connectivity index (χ1v) is 11.2. The first-order chi connectivity index (χ1) is 14.6. The smallest absolute Gasteiger partial charge is 0.258 e. The van der Waals surface area contributed by atoms with Crippen LogP contribution in [0.1, 0.15) is 30.3 Å². The van der Waals surface area contributed by atoms with Crippen LogP contribution < -0.4 is 15.4 Å². The Hall–Kier alpha value is -3.07. The van der Waals surface area contributed by atoms with Crippen LogP contribution in [0.3, 0.4) is 0 Å². The van der Waals surface area contributed by atoms with Crippen molar-refractivity contribution in [1.29, 1.82) is 0 Å². The van der Waals surface area contributed by atoms with Crippen molar-refractivity contribution in [3.63, 3.8) is 0 Å². The molecule has 2 N–H and O–H groups in total. The highest BCUT2D eigenvalue weighted by molar-refractivity contribution is 7.98. The van der Waals surface area contributed by atoms with E-state index in [2.05, 4.69) is 20.8 Å². The lowest BCUT2D eigenvalue weighted by atomic mass is 10.0. The van der Waals surface area contributed by atoms with Gasteiger partial charge in [0.25, 0.3) is 5.91 Å². The van der Waals surface area contributed by atoms with Crippen LogP contribution >= 0.6 is 11.8 Å². The molecule has 1 aliphatic rings. The molecule has 1 atom stereocenters. The van der Waals surface area contributed by atoms with Crippen molar-refractivity contribution < 1.29 is 14.3 Å². The highest BCUT2D eigenvalue weighted by Crippen LogP contribution is 2.27. The van der Waals surface area contributed by atoms with Crippen LogP contribution in [-0.4, -0.2) is 45.0 Å². The van der Waals surface area contributed by atoms with Crippen LogP contribution in [0.4, 0.5) is 5.69 Å². The molecule has 4 rings (SSSR count). The van der Waals surface area contributed by atoms with E-state index < -0.39 is 0 Å². The van der Waals surface area contributed by atoms with E-state index >= 15 is 0 Å². The van der Waals surface area contributed by atoms with Gasteiger partial charge in [0.2, 0.25) is 5.91 Å². The van der Waals surface area contributed by atoms with Crippen molar-refractivity contribution in [3.05, 3.63) is 54.0 Å². The van der Waals surface area contributed by atoms with Crippen LogP contribution in [-0.2, 0) is 16.0 Å². The summed E-state index contributed by atoms with van der Waals surface area (Å²) in [5.74, 6) is 1.99. The molecule has 2 aromatic heterocycles. The zero-order valence-electron chi connectivity index (χ0n) is 16.6. The Labute approximate surface area is 178 Å². The van der Waals surface area contributed by atoms with Crippen LogP contribution in [0.2, 0.25) is 0 Å². The van der Waals surface area contributed by atoms with Crippen LogP contribution in [0.15, 0.2) is 42.6 Å². The molecule has 0 aliphatic carbocycles. The second kappa shape index (κ2) is 9.17. The molecule has 2 amide bonds. The Morgan fingerprint density at radius 1 is 1.30 bits per heavy atom. The van der Waals surface area contributed by atoms with Crippen molar-refractivity contribution in [3.8, 4) is 5.75 Å². The number of hydrogen-bond donors (Lipinski definition) is 2. The molecule has 8 nitrogen and oxygen atoms in total. The minimum absolute atomic E-state index is 0.0211.